The molecule has 3 N–H and O–H groups in total. The quantitative estimate of drug-likeness (QED) is 0.119. The summed E-state index contributed by atoms with van der Waals surface area (Å²) in [6.07, 6.45) is -0.468. The first-order valence-corrected chi connectivity index (χ1v) is 14.2. The van der Waals surface area contributed by atoms with Gasteiger partial charge < -0.3 is 58.4 Å². The fraction of sp³-hybridized carbons (Fsp3) is 0.750. The van der Waals surface area contributed by atoms with Crippen molar-refractivity contribution >= 4 is 6.09 Å². The van der Waals surface area contributed by atoms with E-state index in [1.807, 2.05) is 30.3 Å². The second kappa shape index (κ2) is 31.0. The van der Waals surface area contributed by atoms with Gasteiger partial charge >= 0.3 is 6.09 Å². The molecule has 0 spiro atoms. The molecule has 1 amide bonds. The van der Waals surface area contributed by atoms with Crippen molar-refractivity contribution in [1.82, 2.24) is 5.32 Å². The molecule has 0 heterocycles. The van der Waals surface area contributed by atoms with Crippen LogP contribution in [0.4, 0.5) is 4.79 Å². The molecule has 0 radical (unpaired) electrons. The number of amides is 1. The first-order valence-electron chi connectivity index (χ1n) is 14.2. The highest BCUT2D eigenvalue weighted by Crippen LogP contribution is 2.00. The Morgan fingerprint density at radius 3 is 1.22 bits per heavy atom. The highest BCUT2D eigenvalue weighted by molar-refractivity contribution is 5.67. The Kier molecular flexibility index (Phi) is 28.1. The van der Waals surface area contributed by atoms with Crippen LogP contribution in [0.2, 0.25) is 0 Å². The number of nitrogens with one attached hydrogen (secondary N) is 1. The largest absolute Gasteiger partial charge is 0.445 e. The lowest BCUT2D eigenvalue weighted by molar-refractivity contribution is -0.0248. The van der Waals surface area contributed by atoms with Crippen molar-refractivity contribution < 1.29 is 52.2 Å². The van der Waals surface area contributed by atoms with E-state index in [9.17, 15) is 4.79 Å². The van der Waals surface area contributed by atoms with Gasteiger partial charge in [-0.15, -0.1) is 0 Å². The number of carbonyl (C=O) groups is 1. The van der Waals surface area contributed by atoms with Crippen molar-refractivity contribution in [3.8, 4) is 0 Å². The van der Waals surface area contributed by atoms with Crippen molar-refractivity contribution in [3.05, 3.63) is 35.9 Å². The standard InChI is InChI=1S/C28H50N2O11/c29-6-8-32-10-12-34-14-16-36-18-20-38-22-24-40-25-23-39-21-19-37-17-15-35-13-11-33-9-7-30-28(31)41-26-27-4-2-1-3-5-27/h1-5H,6-26,29H2,(H,30,31). The van der Waals surface area contributed by atoms with E-state index < -0.39 is 6.09 Å². The summed E-state index contributed by atoms with van der Waals surface area (Å²) in [4.78, 5) is 11.6. The second-order valence-corrected chi connectivity index (χ2v) is 8.29. The van der Waals surface area contributed by atoms with E-state index in [1.165, 1.54) is 0 Å². The fourth-order valence-electron chi connectivity index (χ4n) is 2.94. The SMILES string of the molecule is NCCOCCOCCOCCOCCOCCOCCOCCOCCOCCNC(=O)OCc1ccccc1. The van der Waals surface area contributed by atoms with E-state index in [-0.39, 0.29) is 6.61 Å². The van der Waals surface area contributed by atoms with E-state index in [0.717, 1.165) is 5.56 Å². The van der Waals surface area contributed by atoms with Gasteiger partial charge in [-0.3, -0.25) is 0 Å². The molecule has 0 aliphatic carbocycles. The Hall–Kier alpha value is -1.91. The molecule has 0 saturated carbocycles. The Morgan fingerprint density at radius 1 is 0.512 bits per heavy atom. The molecule has 0 unspecified atom stereocenters. The van der Waals surface area contributed by atoms with E-state index >= 15 is 0 Å². The second-order valence-electron chi connectivity index (χ2n) is 8.29. The molecule has 13 nitrogen and oxygen atoms in total. The Labute approximate surface area is 244 Å². The number of rotatable bonds is 31. The van der Waals surface area contributed by atoms with Gasteiger partial charge in [0.05, 0.1) is 119 Å². The third kappa shape index (κ3) is 28.0. The lowest BCUT2D eigenvalue weighted by atomic mass is 10.2. The zero-order chi connectivity index (χ0) is 29.3. The van der Waals surface area contributed by atoms with Crippen molar-refractivity contribution in [2.75, 3.05) is 132 Å². The maximum atomic E-state index is 11.6. The Balaban J connectivity index is 1.65. The molecule has 0 aromatic heterocycles. The minimum atomic E-state index is -0.468. The lowest BCUT2D eigenvalue weighted by Gasteiger charge is -2.09. The average molecular weight is 591 g/mol. The fourth-order valence-corrected chi connectivity index (χ4v) is 2.94. The van der Waals surface area contributed by atoms with Crippen LogP contribution in [-0.4, -0.2) is 138 Å². The van der Waals surface area contributed by atoms with E-state index in [0.29, 0.717) is 132 Å². The van der Waals surface area contributed by atoms with Crippen LogP contribution in [0.25, 0.3) is 0 Å². The van der Waals surface area contributed by atoms with Gasteiger partial charge in [0.1, 0.15) is 6.61 Å². The molecule has 1 rings (SSSR count). The van der Waals surface area contributed by atoms with Crippen LogP contribution in [0, 0.1) is 0 Å². The van der Waals surface area contributed by atoms with Crippen molar-refractivity contribution in [3.63, 3.8) is 0 Å². The molecule has 1 aromatic carbocycles. The maximum absolute atomic E-state index is 11.6. The minimum absolute atomic E-state index is 0.240. The van der Waals surface area contributed by atoms with Crippen LogP contribution in [0.3, 0.4) is 0 Å². The predicted molar refractivity (Wildman–Crippen MR) is 151 cm³/mol. The van der Waals surface area contributed by atoms with Crippen LogP contribution in [0.15, 0.2) is 30.3 Å². The molecule has 0 fully saturated rings. The lowest BCUT2D eigenvalue weighted by Crippen LogP contribution is -2.28. The summed E-state index contributed by atoms with van der Waals surface area (Å²) in [6.45, 7) is 10.1. The molecular formula is C28H50N2O11. The van der Waals surface area contributed by atoms with Crippen molar-refractivity contribution in [2.24, 2.45) is 5.73 Å². The summed E-state index contributed by atoms with van der Waals surface area (Å²) in [6, 6.07) is 9.51. The molecule has 0 atom stereocenters. The van der Waals surface area contributed by atoms with Crippen molar-refractivity contribution in [1.29, 1.82) is 0 Å². The zero-order valence-corrected chi connectivity index (χ0v) is 24.3. The smallest absolute Gasteiger partial charge is 0.407 e. The monoisotopic (exact) mass is 590 g/mol. The number of hydrogen-bond acceptors (Lipinski definition) is 12. The first-order chi connectivity index (χ1) is 20.3. The van der Waals surface area contributed by atoms with Gasteiger partial charge in [-0.1, -0.05) is 30.3 Å². The minimum Gasteiger partial charge on any atom is -0.445 e. The van der Waals surface area contributed by atoms with Crippen molar-refractivity contribution in [2.45, 2.75) is 6.61 Å². The van der Waals surface area contributed by atoms with Gasteiger partial charge in [-0.2, -0.15) is 0 Å². The molecule has 0 aliphatic heterocycles. The predicted octanol–water partition coefficient (Wildman–Crippen LogP) is 1.02. The van der Waals surface area contributed by atoms with Crippen LogP contribution in [0.1, 0.15) is 5.56 Å². The van der Waals surface area contributed by atoms with Crippen LogP contribution in [0.5, 0.6) is 0 Å². The van der Waals surface area contributed by atoms with Crippen LogP contribution in [-0.2, 0) is 54.0 Å². The Morgan fingerprint density at radius 2 is 0.854 bits per heavy atom. The van der Waals surface area contributed by atoms with Crippen LogP contribution < -0.4 is 11.1 Å². The van der Waals surface area contributed by atoms with Gasteiger partial charge in [0.25, 0.3) is 0 Å². The summed E-state index contributed by atoms with van der Waals surface area (Å²) in [5.41, 5.74) is 6.26. The van der Waals surface area contributed by atoms with E-state index in [2.05, 4.69) is 5.32 Å². The first kappa shape index (κ1) is 37.1. The molecule has 1 aromatic rings. The highest BCUT2D eigenvalue weighted by Gasteiger charge is 2.01. The number of nitrogens with two attached hydrogens (primary N) is 1. The zero-order valence-electron chi connectivity index (χ0n) is 24.3. The van der Waals surface area contributed by atoms with Gasteiger partial charge in [0.15, 0.2) is 0 Å². The number of benzene rings is 1. The van der Waals surface area contributed by atoms with Gasteiger partial charge in [0, 0.05) is 13.1 Å². The summed E-state index contributed by atoms with van der Waals surface area (Å²) >= 11 is 0. The molecule has 0 aliphatic rings. The molecule has 0 saturated heterocycles. The molecule has 41 heavy (non-hydrogen) atoms. The number of carbonyl (C=O) groups excluding carboxylic acids is 1. The molecule has 13 heteroatoms. The molecule has 238 valence electrons. The van der Waals surface area contributed by atoms with E-state index in [4.69, 9.17) is 53.1 Å². The van der Waals surface area contributed by atoms with Gasteiger partial charge in [-0.05, 0) is 5.56 Å². The average Bonchev–Trinajstić information content (AvgIpc) is 2.99. The number of hydrogen-bond donors (Lipinski definition) is 2. The highest BCUT2D eigenvalue weighted by atomic mass is 16.6. The summed E-state index contributed by atoms with van der Waals surface area (Å²) in [5, 5.41) is 2.64. The normalized spacial score (nSPS) is 11.1. The molecular weight excluding hydrogens is 540 g/mol. The topological polar surface area (TPSA) is 147 Å². The maximum Gasteiger partial charge on any atom is 0.407 e. The number of ether oxygens (including phenoxy) is 10. The summed E-state index contributed by atoms with van der Waals surface area (Å²) < 4.78 is 53.7. The van der Waals surface area contributed by atoms with E-state index in [1.54, 1.807) is 0 Å². The third-order valence-electron chi connectivity index (χ3n) is 4.97. The Bertz CT molecular complexity index is 674. The van der Waals surface area contributed by atoms with Crippen LogP contribution >= 0.6 is 0 Å². The molecule has 0 bridgehead atoms. The summed E-state index contributed by atoms with van der Waals surface area (Å²) in [5.74, 6) is 0. The number of alkyl carbamates (subject to hydrolysis) is 1. The summed E-state index contributed by atoms with van der Waals surface area (Å²) in [7, 11) is 0. The van der Waals surface area contributed by atoms with Gasteiger partial charge in [0.2, 0.25) is 0 Å². The van der Waals surface area contributed by atoms with Gasteiger partial charge in [-0.25, -0.2) is 4.79 Å². The third-order valence-corrected chi connectivity index (χ3v) is 4.97.